The van der Waals surface area contributed by atoms with E-state index in [1.54, 1.807) is 0 Å². The highest BCUT2D eigenvalue weighted by molar-refractivity contribution is 5.14. The van der Waals surface area contributed by atoms with E-state index in [0.29, 0.717) is 12.0 Å². The molecule has 1 atom stereocenters. The van der Waals surface area contributed by atoms with E-state index < -0.39 is 0 Å². The van der Waals surface area contributed by atoms with Gasteiger partial charge >= 0.3 is 0 Å². The molecule has 76 valence electrons. The van der Waals surface area contributed by atoms with E-state index in [9.17, 15) is 0 Å². The summed E-state index contributed by atoms with van der Waals surface area (Å²) in [6, 6.07) is 0. The summed E-state index contributed by atoms with van der Waals surface area (Å²) in [7, 11) is 0. The number of fused-ring (bicyclic) bond motifs is 1. The molecule has 3 fully saturated rings. The Balaban J connectivity index is 1.83. The molecule has 2 aliphatic heterocycles. The first-order chi connectivity index (χ1) is 6.79. The van der Waals surface area contributed by atoms with Crippen LogP contribution in [0.4, 0.5) is 0 Å². The number of rotatable bonds is 2. The summed E-state index contributed by atoms with van der Waals surface area (Å²) in [5.74, 6) is 0. The highest BCUT2D eigenvalue weighted by atomic mass is 15.3. The van der Waals surface area contributed by atoms with E-state index in [4.69, 9.17) is 5.53 Å². The van der Waals surface area contributed by atoms with Crippen LogP contribution < -0.4 is 0 Å². The van der Waals surface area contributed by atoms with Crippen LogP contribution in [0.15, 0.2) is 5.11 Å². The molecule has 1 aliphatic carbocycles. The molecule has 2 saturated heterocycles. The molecule has 3 aliphatic rings. The molecule has 0 bridgehead atoms. The van der Waals surface area contributed by atoms with Gasteiger partial charge in [-0.1, -0.05) is 5.11 Å². The van der Waals surface area contributed by atoms with Crippen molar-refractivity contribution in [3.8, 4) is 0 Å². The van der Waals surface area contributed by atoms with E-state index in [-0.39, 0.29) is 5.54 Å². The van der Waals surface area contributed by atoms with E-state index in [0.717, 1.165) is 0 Å². The molecule has 3 rings (SSSR count). The van der Waals surface area contributed by atoms with Crippen molar-refractivity contribution < 1.29 is 0 Å². The number of hydrogen-bond donors (Lipinski definition) is 0. The van der Waals surface area contributed by atoms with Gasteiger partial charge in [0.15, 0.2) is 0 Å². The van der Waals surface area contributed by atoms with Gasteiger partial charge in [-0.25, -0.2) is 0 Å². The van der Waals surface area contributed by atoms with Crippen molar-refractivity contribution >= 4 is 0 Å². The fourth-order valence-corrected chi connectivity index (χ4v) is 3.51. The third-order valence-corrected chi connectivity index (χ3v) is 4.36. The molecule has 14 heavy (non-hydrogen) atoms. The normalized spacial score (nSPS) is 38.3. The van der Waals surface area contributed by atoms with Crippen molar-refractivity contribution in [2.45, 2.75) is 37.6 Å². The maximum absolute atomic E-state index is 8.43. The van der Waals surface area contributed by atoms with Crippen LogP contribution in [0.5, 0.6) is 0 Å². The maximum Gasteiger partial charge on any atom is 0.0443 e. The lowest BCUT2D eigenvalue weighted by atomic mass is 9.88. The Morgan fingerprint density at radius 1 is 1.36 bits per heavy atom. The average molecular weight is 192 g/mol. The van der Waals surface area contributed by atoms with Gasteiger partial charge < -0.3 is 0 Å². The molecule has 0 amide bonds. The molecule has 0 aromatic heterocycles. The topological polar surface area (TPSA) is 52.0 Å². The zero-order valence-electron chi connectivity index (χ0n) is 8.45. The van der Waals surface area contributed by atoms with Crippen molar-refractivity contribution in [2.24, 2.45) is 10.5 Å². The molecular weight excluding hydrogens is 176 g/mol. The first kappa shape index (κ1) is 8.57. The molecule has 1 spiro atoms. The summed E-state index contributed by atoms with van der Waals surface area (Å²) in [4.78, 5) is 5.51. The van der Waals surface area contributed by atoms with Crippen molar-refractivity contribution in [1.29, 1.82) is 0 Å². The molecule has 4 heteroatoms. The lowest BCUT2D eigenvalue weighted by Gasteiger charge is -2.30. The van der Waals surface area contributed by atoms with Gasteiger partial charge in [0.25, 0.3) is 0 Å². The summed E-state index contributed by atoms with van der Waals surface area (Å²) in [6.45, 7) is 3.20. The fourth-order valence-electron chi connectivity index (χ4n) is 3.51. The van der Waals surface area contributed by atoms with E-state index >= 15 is 0 Å². The Morgan fingerprint density at radius 3 is 2.93 bits per heavy atom. The quantitative estimate of drug-likeness (QED) is 0.376. The Bertz CT molecular complexity index is 303. The zero-order chi connectivity index (χ0) is 9.65. The van der Waals surface area contributed by atoms with Crippen molar-refractivity contribution in [1.82, 2.24) is 4.90 Å². The van der Waals surface area contributed by atoms with Crippen LogP contribution in [0, 0.1) is 5.41 Å². The largest absolute Gasteiger partial charge is 0.297 e. The Labute approximate surface area is 83.9 Å². The highest BCUT2D eigenvalue weighted by Crippen LogP contribution is 2.60. The Hall–Kier alpha value is -0.730. The van der Waals surface area contributed by atoms with Crippen molar-refractivity contribution in [2.75, 3.05) is 19.6 Å². The molecule has 1 saturated carbocycles. The smallest absolute Gasteiger partial charge is 0.0443 e. The van der Waals surface area contributed by atoms with Gasteiger partial charge in [-0.15, -0.1) is 0 Å². The third-order valence-electron chi connectivity index (χ3n) is 4.36. The second-order valence-corrected chi connectivity index (χ2v) is 5.32. The van der Waals surface area contributed by atoms with Crippen LogP contribution in [-0.4, -0.2) is 30.1 Å². The van der Waals surface area contributed by atoms with Gasteiger partial charge in [-0.05, 0) is 49.6 Å². The highest BCUT2D eigenvalue weighted by Gasteiger charge is 2.59. The van der Waals surface area contributed by atoms with E-state index in [1.165, 1.54) is 45.2 Å². The molecule has 0 aromatic carbocycles. The predicted molar refractivity (Wildman–Crippen MR) is 53.8 cm³/mol. The van der Waals surface area contributed by atoms with Crippen LogP contribution in [0.25, 0.3) is 10.4 Å². The first-order valence-electron chi connectivity index (χ1n) is 5.55. The van der Waals surface area contributed by atoms with Gasteiger partial charge in [0.05, 0.1) is 0 Å². The lowest BCUT2D eigenvalue weighted by Crippen LogP contribution is -2.40. The van der Waals surface area contributed by atoms with Crippen molar-refractivity contribution in [3.63, 3.8) is 0 Å². The van der Waals surface area contributed by atoms with Gasteiger partial charge in [-0.2, -0.15) is 0 Å². The second kappa shape index (κ2) is 2.65. The van der Waals surface area contributed by atoms with Crippen LogP contribution in [0.1, 0.15) is 32.1 Å². The van der Waals surface area contributed by atoms with Gasteiger partial charge in [0, 0.05) is 23.5 Å². The van der Waals surface area contributed by atoms with Gasteiger partial charge in [0.2, 0.25) is 0 Å². The van der Waals surface area contributed by atoms with Gasteiger partial charge in [0.1, 0.15) is 0 Å². The van der Waals surface area contributed by atoms with Crippen LogP contribution in [0.2, 0.25) is 0 Å². The summed E-state index contributed by atoms with van der Waals surface area (Å²) < 4.78 is 0. The molecule has 1 unspecified atom stereocenters. The Morgan fingerprint density at radius 2 is 2.21 bits per heavy atom. The fraction of sp³-hybridized carbons (Fsp3) is 1.00. The standard InChI is InChI=1S/C10H16N4/c11-13-12-7-10-2-1-5-14(10)8-9(6-10)3-4-9/h1-8H2. The SMILES string of the molecule is [N-]=[N+]=NCC12CCCN1CC1(CC1)C2. The molecule has 0 N–H and O–H groups in total. The summed E-state index contributed by atoms with van der Waals surface area (Å²) in [5.41, 5.74) is 9.34. The van der Waals surface area contributed by atoms with Gasteiger partial charge in [-0.3, -0.25) is 4.90 Å². The minimum atomic E-state index is 0.267. The molecular formula is C10H16N4. The molecule has 0 radical (unpaired) electrons. The van der Waals surface area contributed by atoms with Crippen LogP contribution in [0.3, 0.4) is 0 Å². The average Bonchev–Trinajstić information content (AvgIpc) is 2.67. The second-order valence-electron chi connectivity index (χ2n) is 5.32. The molecule has 0 aromatic rings. The van der Waals surface area contributed by atoms with Crippen LogP contribution >= 0.6 is 0 Å². The first-order valence-corrected chi connectivity index (χ1v) is 5.55. The number of nitrogens with zero attached hydrogens (tertiary/aromatic N) is 4. The van der Waals surface area contributed by atoms with Crippen molar-refractivity contribution in [3.05, 3.63) is 10.4 Å². The molecule has 2 heterocycles. The Kier molecular flexibility index (Phi) is 1.62. The monoisotopic (exact) mass is 192 g/mol. The summed E-state index contributed by atoms with van der Waals surface area (Å²) in [5, 5.41) is 3.82. The number of azide groups is 1. The van der Waals surface area contributed by atoms with E-state index in [1.807, 2.05) is 0 Å². The molecule has 4 nitrogen and oxygen atoms in total. The summed E-state index contributed by atoms with van der Waals surface area (Å²) in [6.07, 6.45) is 6.63. The minimum absolute atomic E-state index is 0.267. The zero-order valence-corrected chi connectivity index (χ0v) is 8.45. The number of hydrogen-bond acceptors (Lipinski definition) is 2. The predicted octanol–water partition coefficient (Wildman–Crippen LogP) is 2.32. The summed E-state index contributed by atoms with van der Waals surface area (Å²) >= 11 is 0. The van der Waals surface area contributed by atoms with Crippen LogP contribution in [-0.2, 0) is 0 Å². The van der Waals surface area contributed by atoms with E-state index in [2.05, 4.69) is 14.9 Å². The third kappa shape index (κ3) is 1.07. The lowest BCUT2D eigenvalue weighted by molar-refractivity contribution is 0.204. The maximum atomic E-state index is 8.43. The minimum Gasteiger partial charge on any atom is -0.297 e.